The number of hydrogen-bond donors (Lipinski definition) is 1. The van der Waals surface area contributed by atoms with Crippen molar-refractivity contribution in [2.75, 3.05) is 13.7 Å². The zero-order valence-electron chi connectivity index (χ0n) is 12.7. The lowest BCUT2D eigenvalue weighted by Gasteiger charge is -2.18. The quantitative estimate of drug-likeness (QED) is 0.885. The first-order valence-corrected chi connectivity index (χ1v) is 6.97. The van der Waals surface area contributed by atoms with Crippen LogP contribution in [0.5, 0.6) is 5.75 Å². The van der Waals surface area contributed by atoms with Crippen molar-refractivity contribution in [3.05, 3.63) is 65.5 Å². The van der Waals surface area contributed by atoms with Crippen LogP contribution in [0.4, 0.5) is 4.39 Å². The zero-order chi connectivity index (χ0) is 16.8. The fourth-order valence-electron chi connectivity index (χ4n) is 2.03. The zero-order valence-corrected chi connectivity index (χ0v) is 12.7. The number of carbonyl (C=O) groups excluding carboxylic acids is 2. The summed E-state index contributed by atoms with van der Waals surface area (Å²) in [5.74, 6) is -0.721. The molecule has 0 aliphatic heterocycles. The number of nitrogens with zero attached hydrogens (tertiary/aromatic N) is 1. The summed E-state index contributed by atoms with van der Waals surface area (Å²) >= 11 is 0. The van der Waals surface area contributed by atoms with Gasteiger partial charge in [-0.25, -0.2) is 4.39 Å². The van der Waals surface area contributed by atoms with Gasteiger partial charge in [-0.3, -0.25) is 9.59 Å². The van der Waals surface area contributed by atoms with Crippen molar-refractivity contribution in [2.24, 2.45) is 5.73 Å². The van der Waals surface area contributed by atoms with Crippen LogP contribution in [0.3, 0.4) is 0 Å². The summed E-state index contributed by atoms with van der Waals surface area (Å²) in [6.45, 7) is 0.106. The Morgan fingerprint density at radius 1 is 1.17 bits per heavy atom. The molecule has 0 fully saturated rings. The Morgan fingerprint density at radius 2 is 1.87 bits per heavy atom. The standard InChI is InChI=1S/C17H17FN2O3/c1-20(10-12-5-7-14(18)8-6-12)17(22)13-3-2-4-15(9-13)23-11-16(19)21/h2-9H,10-11H2,1H3,(H2,19,21). The molecule has 5 nitrogen and oxygen atoms in total. The molecule has 0 aliphatic rings. The molecule has 2 N–H and O–H groups in total. The molecule has 2 rings (SSSR count). The van der Waals surface area contributed by atoms with Crippen LogP contribution >= 0.6 is 0 Å². The molecule has 2 aromatic carbocycles. The Hall–Kier alpha value is -2.89. The van der Waals surface area contributed by atoms with Crippen LogP contribution < -0.4 is 10.5 Å². The van der Waals surface area contributed by atoms with Gasteiger partial charge in [0.25, 0.3) is 11.8 Å². The summed E-state index contributed by atoms with van der Waals surface area (Å²) in [4.78, 5) is 24.6. The highest BCUT2D eigenvalue weighted by atomic mass is 19.1. The molecule has 0 unspecified atom stereocenters. The highest BCUT2D eigenvalue weighted by molar-refractivity contribution is 5.94. The smallest absolute Gasteiger partial charge is 0.255 e. The second-order valence-electron chi connectivity index (χ2n) is 5.07. The fourth-order valence-corrected chi connectivity index (χ4v) is 2.03. The summed E-state index contributed by atoms with van der Waals surface area (Å²) in [5, 5.41) is 0. The normalized spacial score (nSPS) is 10.2. The second kappa shape index (κ2) is 7.40. The van der Waals surface area contributed by atoms with E-state index in [0.717, 1.165) is 5.56 Å². The average Bonchev–Trinajstić information content (AvgIpc) is 2.54. The molecule has 0 atom stereocenters. The highest BCUT2D eigenvalue weighted by Crippen LogP contribution is 2.16. The first kappa shape index (κ1) is 16.5. The number of halogens is 1. The monoisotopic (exact) mass is 316 g/mol. The molecule has 0 saturated carbocycles. The molecule has 0 aliphatic carbocycles. The van der Waals surface area contributed by atoms with E-state index in [1.165, 1.54) is 17.0 Å². The molecule has 0 bridgehead atoms. The molecule has 0 saturated heterocycles. The summed E-state index contributed by atoms with van der Waals surface area (Å²) in [6.07, 6.45) is 0. The predicted molar refractivity (Wildman–Crippen MR) is 83.3 cm³/mol. The lowest BCUT2D eigenvalue weighted by atomic mass is 10.1. The first-order chi connectivity index (χ1) is 11.0. The van der Waals surface area contributed by atoms with Crippen molar-refractivity contribution >= 4 is 11.8 Å². The van der Waals surface area contributed by atoms with Crippen LogP contribution in [0.25, 0.3) is 0 Å². The van der Waals surface area contributed by atoms with Crippen LogP contribution in [0.1, 0.15) is 15.9 Å². The molecule has 6 heteroatoms. The Labute approximate surface area is 133 Å². The molecule has 0 heterocycles. The fraction of sp³-hybridized carbons (Fsp3) is 0.176. The highest BCUT2D eigenvalue weighted by Gasteiger charge is 2.13. The van der Waals surface area contributed by atoms with E-state index in [9.17, 15) is 14.0 Å². The number of hydrogen-bond acceptors (Lipinski definition) is 3. The third kappa shape index (κ3) is 4.81. The van der Waals surface area contributed by atoms with E-state index in [4.69, 9.17) is 10.5 Å². The van der Waals surface area contributed by atoms with Gasteiger partial charge in [0.2, 0.25) is 0 Å². The Morgan fingerprint density at radius 3 is 2.52 bits per heavy atom. The molecule has 2 aromatic rings. The van der Waals surface area contributed by atoms with Crippen molar-refractivity contribution in [3.63, 3.8) is 0 Å². The maximum absolute atomic E-state index is 12.9. The van der Waals surface area contributed by atoms with Gasteiger partial charge < -0.3 is 15.4 Å². The summed E-state index contributed by atoms with van der Waals surface area (Å²) in [5.41, 5.74) is 6.27. The molecular formula is C17H17FN2O3. The predicted octanol–water partition coefficient (Wildman–Crippen LogP) is 1.96. The van der Waals surface area contributed by atoms with Crippen LogP contribution in [-0.2, 0) is 11.3 Å². The molecular weight excluding hydrogens is 299 g/mol. The number of nitrogens with two attached hydrogens (primary N) is 1. The lowest BCUT2D eigenvalue weighted by Crippen LogP contribution is -2.26. The van der Waals surface area contributed by atoms with Gasteiger partial charge in [0.05, 0.1) is 0 Å². The number of rotatable bonds is 6. The third-order valence-electron chi connectivity index (χ3n) is 3.14. The van der Waals surface area contributed by atoms with E-state index in [0.29, 0.717) is 17.9 Å². The third-order valence-corrected chi connectivity index (χ3v) is 3.14. The maximum Gasteiger partial charge on any atom is 0.255 e. The minimum atomic E-state index is -0.588. The lowest BCUT2D eigenvalue weighted by molar-refractivity contribution is -0.119. The molecule has 2 amide bonds. The first-order valence-electron chi connectivity index (χ1n) is 6.97. The molecule has 120 valence electrons. The largest absolute Gasteiger partial charge is 0.484 e. The van der Waals surface area contributed by atoms with Gasteiger partial charge in [0.1, 0.15) is 11.6 Å². The van der Waals surface area contributed by atoms with Crippen LogP contribution in [-0.4, -0.2) is 30.4 Å². The Balaban J connectivity index is 2.05. The van der Waals surface area contributed by atoms with Crippen LogP contribution in [0.15, 0.2) is 48.5 Å². The average molecular weight is 316 g/mol. The van der Waals surface area contributed by atoms with Crippen molar-refractivity contribution in [1.82, 2.24) is 4.90 Å². The van der Waals surface area contributed by atoms with Crippen LogP contribution in [0, 0.1) is 5.82 Å². The Kier molecular flexibility index (Phi) is 5.30. The molecule has 0 radical (unpaired) electrons. The van der Waals surface area contributed by atoms with Gasteiger partial charge >= 0.3 is 0 Å². The van der Waals surface area contributed by atoms with Gasteiger partial charge in [-0.05, 0) is 35.9 Å². The van der Waals surface area contributed by atoms with Gasteiger partial charge in [0.15, 0.2) is 6.61 Å². The number of ether oxygens (including phenoxy) is 1. The van der Waals surface area contributed by atoms with E-state index in [2.05, 4.69) is 0 Å². The van der Waals surface area contributed by atoms with Crippen molar-refractivity contribution in [1.29, 1.82) is 0 Å². The van der Waals surface area contributed by atoms with Crippen molar-refractivity contribution in [2.45, 2.75) is 6.54 Å². The SMILES string of the molecule is CN(Cc1ccc(F)cc1)C(=O)c1cccc(OCC(N)=O)c1. The van der Waals surface area contributed by atoms with E-state index >= 15 is 0 Å². The summed E-state index contributed by atoms with van der Waals surface area (Å²) < 4.78 is 18.1. The van der Waals surface area contributed by atoms with Gasteiger partial charge in [-0.1, -0.05) is 18.2 Å². The summed E-state index contributed by atoms with van der Waals surface area (Å²) in [7, 11) is 1.66. The minimum Gasteiger partial charge on any atom is -0.484 e. The van der Waals surface area contributed by atoms with Crippen LogP contribution in [0.2, 0.25) is 0 Å². The molecule has 23 heavy (non-hydrogen) atoms. The topological polar surface area (TPSA) is 72.6 Å². The van der Waals surface area contributed by atoms with E-state index < -0.39 is 5.91 Å². The van der Waals surface area contributed by atoms with Crippen molar-refractivity contribution < 1.29 is 18.7 Å². The Bertz CT molecular complexity index is 701. The second-order valence-corrected chi connectivity index (χ2v) is 5.07. The summed E-state index contributed by atoms with van der Waals surface area (Å²) in [6, 6.07) is 12.5. The van der Waals surface area contributed by atoms with Gasteiger partial charge in [0, 0.05) is 19.2 Å². The van der Waals surface area contributed by atoms with Gasteiger partial charge in [-0.2, -0.15) is 0 Å². The maximum atomic E-state index is 12.9. The molecule has 0 spiro atoms. The number of amides is 2. The van der Waals surface area contributed by atoms with E-state index in [-0.39, 0.29) is 18.3 Å². The number of benzene rings is 2. The van der Waals surface area contributed by atoms with E-state index in [1.807, 2.05) is 0 Å². The van der Waals surface area contributed by atoms with E-state index in [1.54, 1.807) is 43.4 Å². The van der Waals surface area contributed by atoms with Gasteiger partial charge in [-0.15, -0.1) is 0 Å². The van der Waals surface area contributed by atoms with Crippen molar-refractivity contribution in [3.8, 4) is 5.75 Å². The number of carbonyl (C=O) groups is 2. The number of primary amides is 1. The minimum absolute atomic E-state index is 0.209. The molecule has 0 aromatic heterocycles.